The van der Waals surface area contributed by atoms with E-state index in [0.717, 1.165) is 11.4 Å². The summed E-state index contributed by atoms with van der Waals surface area (Å²) in [7, 11) is 3.56. The van der Waals surface area contributed by atoms with E-state index in [4.69, 9.17) is 0 Å². The lowest BCUT2D eigenvalue weighted by Crippen LogP contribution is -2.18. The van der Waals surface area contributed by atoms with Crippen molar-refractivity contribution in [1.82, 2.24) is 4.57 Å². The van der Waals surface area contributed by atoms with E-state index in [1.807, 2.05) is 26.8 Å². The molecule has 0 aliphatic heterocycles. The molecule has 3 nitrogen and oxygen atoms in total. The van der Waals surface area contributed by atoms with Crippen molar-refractivity contribution < 1.29 is 0 Å². The lowest BCUT2D eigenvalue weighted by molar-refractivity contribution is 0.819. The SMILES string of the molecule is CC.CNc1cc(C)n(C)c(=O)c1. The Balaban J connectivity index is 0.000000671. The Morgan fingerprint density at radius 3 is 2.23 bits per heavy atom. The summed E-state index contributed by atoms with van der Waals surface area (Å²) in [4.78, 5) is 11.1. The molecule has 13 heavy (non-hydrogen) atoms. The molecule has 1 N–H and O–H groups in total. The molecule has 0 saturated heterocycles. The fourth-order valence-electron chi connectivity index (χ4n) is 0.912. The predicted molar refractivity (Wildman–Crippen MR) is 57.3 cm³/mol. The first-order valence-electron chi connectivity index (χ1n) is 4.50. The molecule has 74 valence electrons. The number of pyridine rings is 1. The van der Waals surface area contributed by atoms with Crippen LogP contribution >= 0.6 is 0 Å². The quantitative estimate of drug-likeness (QED) is 0.718. The zero-order chi connectivity index (χ0) is 10.4. The van der Waals surface area contributed by atoms with Crippen molar-refractivity contribution in [3.63, 3.8) is 0 Å². The summed E-state index contributed by atoms with van der Waals surface area (Å²) in [6.07, 6.45) is 0. The highest BCUT2D eigenvalue weighted by atomic mass is 16.1. The van der Waals surface area contributed by atoms with E-state index < -0.39 is 0 Å². The average Bonchev–Trinajstić information content (AvgIpc) is 2.16. The summed E-state index contributed by atoms with van der Waals surface area (Å²) in [5.41, 5.74) is 1.85. The fraction of sp³-hybridized carbons (Fsp3) is 0.500. The second-order valence-electron chi connectivity index (χ2n) is 2.53. The lowest BCUT2D eigenvalue weighted by Gasteiger charge is -2.05. The monoisotopic (exact) mass is 182 g/mol. The minimum absolute atomic E-state index is 0.0225. The lowest BCUT2D eigenvalue weighted by atomic mass is 10.3. The van der Waals surface area contributed by atoms with Crippen LogP contribution < -0.4 is 10.9 Å². The maximum absolute atomic E-state index is 11.1. The van der Waals surface area contributed by atoms with Crippen LogP contribution in [0.2, 0.25) is 0 Å². The second kappa shape index (κ2) is 5.41. The van der Waals surface area contributed by atoms with Crippen LogP contribution in [-0.4, -0.2) is 11.6 Å². The third-order valence-corrected chi connectivity index (χ3v) is 1.79. The Morgan fingerprint density at radius 2 is 1.85 bits per heavy atom. The number of aryl methyl sites for hydroxylation is 1. The first-order chi connectivity index (χ1) is 6.15. The van der Waals surface area contributed by atoms with Crippen molar-refractivity contribution in [2.24, 2.45) is 7.05 Å². The van der Waals surface area contributed by atoms with Crippen LogP contribution in [0.5, 0.6) is 0 Å². The molecule has 1 aromatic heterocycles. The summed E-state index contributed by atoms with van der Waals surface area (Å²) in [5, 5.41) is 2.92. The zero-order valence-corrected chi connectivity index (χ0v) is 9.01. The normalized spacial score (nSPS) is 8.69. The van der Waals surface area contributed by atoms with Gasteiger partial charge in [0, 0.05) is 31.5 Å². The highest BCUT2D eigenvalue weighted by Crippen LogP contribution is 2.03. The van der Waals surface area contributed by atoms with Gasteiger partial charge in [-0.15, -0.1) is 0 Å². The van der Waals surface area contributed by atoms with Gasteiger partial charge in [-0.3, -0.25) is 4.79 Å². The Morgan fingerprint density at radius 1 is 1.31 bits per heavy atom. The van der Waals surface area contributed by atoms with E-state index in [1.165, 1.54) is 0 Å². The van der Waals surface area contributed by atoms with E-state index in [2.05, 4.69) is 5.32 Å². The van der Waals surface area contributed by atoms with Gasteiger partial charge < -0.3 is 9.88 Å². The van der Waals surface area contributed by atoms with E-state index >= 15 is 0 Å². The maximum atomic E-state index is 11.1. The van der Waals surface area contributed by atoms with Gasteiger partial charge in [0.15, 0.2) is 0 Å². The number of nitrogens with one attached hydrogen (secondary N) is 1. The molecule has 1 rings (SSSR count). The van der Waals surface area contributed by atoms with E-state index in [-0.39, 0.29) is 5.56 Å². The van der Waals surface area contributed by atoms with Crippen molar-refractivity contribution in [1.29, 1.82) is 0 Å². The average molecular weight is 182 g/mol. The van der Waals surface area contributed by atoms with Crippen molar-refractivity contribution in [3.05, 3.63) is 28.2 Å². The molecule has 0 aromatic carbocycles. The molecule has 0 aliphatic rings. The summed E-state index contributed by atoms with van der Waals surface area (Å²) in [6.45, 7) is 5.90. The van der Waals surface area contributed by atoms with Crippen LogP contribution in [0.3, 0.4) is 0 Å². The second-order valence-corrected chi connectivity index (χ2v) is 2.53. The molecule has 0 radical (unpaired) electrons. The third-order valence-electron chi connectivity index (χ3n) is 1.79. The minimum Gasteiger partial charge on any atom is -0.388 e. The number of rotatable bonds is 1. The van der Waals surface area contributed by atoms with Crippen LogP contribution in [0.4, 0.5) is 5.69 Å². The molecule has 0 amide bonds. The summed E-state index contributed by atoms with van der Waals surface area (Å²) in [6, 6.07) is 3.51. The van der Waals surface area contributed by atoms with Gasteiger partial charge in [0.2, 0.25) is 0 Å². The van der Waals surface area contributed by atoms with Crippen LogP contribution in [0.25, 0.3) is 0 Å². The highest BCUT2D eigenvalue weighted by Gasteiger charge is 1.96. The molecule has 0 unspecified atom stereocenters. The summed E-state index contributed by atoms with van der Waals surface area (Å²) < 4.78 is 1.61. The molecule has 0 bridgehead atoms. The van der Waals surface area contributed by atoms with Crippen LogP contribution in [-0.2, 0) is 7.05 Å². The zero-order valence-electron chi connectivity index (χ0n) is 9.01. The van der Waals surface area contributed by atoms with Crippen LogP contribution in [0, 0.1) is 6.92 Å². The first-order valence-corrected chi connectivity index (χ1v) is 4.50. The standard InChI is InChI=1S/C8H12N2O.C2H6/c1-6-4-7(9-2)5-8(11)10(6)3;1-2/h4-5,9H,1-3H3;1-2H3. The van der Waals surface area contributed by atoms with Crippen molar-refractivity contribution in [2.45, 2.75) is 20.8 Å². The van der Waals surface area contributed by atoms with Crippen molar-refractivity contribution >= 4 is 5.69 Å². The Hall–Kier alpha value is -1.25. The molecule has 1 heterocycles. The molecule has 0 aliphatic carbocycles. The largest absolute Gasteiger partial charge is 0.388 e. The van der Waals surface area contributed by atoms with Gasteiger partial charge in [0.05, 0.1) is 0 Å². The van der Waals surface area contributed by atoms with Gasteiger partial charge in [0.1, 0.15) is 0 Å². The molecule has 0 spiro atoms. The smallest absolute Gasteiger partial charge is 0.252 e. The molecule has 3 heteroatoms. The minimum atomic E-state index is 0.0225. The molecule has 0 fully saturated rings. The van der Waals surface area contributed by atoms with Gasteiger partial charge >= 0.3 is 0 Å². The van der Waals surface area contributed by atoms with Crippen molar-refractivity contribution in [3.8, 4) is 0 Å². The van der Waals surface area contributed by atoms with Crippen LogP contribution in [0.15, 0.2) is 16.9 Å². The topological polar surface area (TPSA) is 34.0 Å². The van der Waals surface area contributed by atoms with Gasteiger partial charge in [-0.25, -0.2) is 0 Å². The molecule has 0 atom stereocenters. The molecular formula is C10H18N2O. The number of nitrogens with zero attached hydrogens (tertiary/aromatic N) is 1. The number of anilines is 1. The Kier molecular flexibility index (Phi) is 4.89. The predicted octanol–water partition coefficient (Wildman–Crippen LogP) is 1.76. The number of aromatic nitrogens is 1. The molecule has 0 saturated carbocycles. The van der Waals surface area contributed by atoms with Gasteiger partial charge in [-0.2, -0.15) is 0 Å². The Bertz CT molecular complexity index is 315. The highest BCUT2D eigenvalue weighted by molar-refractivity contribution is 5.42. The van der Waals surface area contributed by atoms with E-state index in [9.17, 15) is 4.79 Å². The number of hydrogen-bond donors (Lipinski definition) is 1. The molecule has 1 aromatic rings. The first kappa shape index (κ1) is 11.8. The number of hydrogen-bond acceptors (Lipinski definition) is 2. The third kappa shape index (κ3) is 2.93. The summed E-state index contributed by atoms with van der Waals surface area (Å²) in [5.74, 6) is 0. The van der Waals surface area contributed by atoms with Crippen LogP contribution in [0.1, 0.15) is 19.5 Å². The fourth-order valence-corrected chi connectivity index (χ4v) is 0.912. The van der Waals surface area contributed by atoms with Gasteiger partial charge in [-0.1, -0.05) is 13.8 Å². The van der Waals surface area contributed by atoms with E-state index in [0.29, 0.717) is 0 Å². The van der Waals surface area contributed by atoms with Gasteiger partial charge in [0.25, 0.3) is 5.56 Å². The van der Waals surface area contributed by atoms with E-state index in [1.54, 1.807) is 24.7 Å². The van der Waals surface area contributed by atoms with Gasteiger partial charge in [-0.05, 0) is 13.0 Å². The van der Waals surface area contributed by atoms with Crippen molar-refractivity contribution in [2.75, 3.05) is 12.4 Å². The molecular weight excluding hydrogens is 164 g/mol. The summed E-state index contributed by atoms with van der Waals surface area (Å²) >= 11 is 0. The maximum Gasteiger partial charge on any atom is 0.252 e. The Labute approximate surface area is 79.4 Å².